The van der Waals surface area contributed by atoms with E-state index in [-0.39, 0.29) is 11.0 Å². The summed E-state index contributed by atoms with van der Waals surface area (Å²) in [5, 5.41) is -3.80. The van der Waals surface area contributed by atoms with Crippen LogP contribution in [0.3, 0.4) is 0 Å². The third kappa shape index (κ3) is 1.90. The minimum Gasteiger partial charge on any atom is -0.453 e. The number of hydrogen-bond donors (Lipinski definition) is 0. The largest absolute Gasteiger partial charge is 0.453 e. The zero-order valence-corrected chi connectivity index (χ0v) is 8.39. The molecule has 0 aliphatic heterocycles. The highest BCUT2D eigenvalue weighted by Gasteiger charge is 2.38. The SMILES string of the molecule is O=C(c1cc2cc(F)ccc2o1)C(F)(F)Cl. The number of halogens is 4. The molecule has 16 heavy (non-hydrogen) atoms. The summed E-state index contributed by atoms with van der Waals surface area (Å²) < 4.78 is 42.6. The van der Waals surface area contributed by atoms with Gasteiger partial charge in [0.25, 0.3) is 5.78 Å². The van der Waals surface area contributed by atoms with Crippen molar-refractivity contribution in [1.82, 2.24) is 0 Å². The number of alkyl halides is 3. The van der Waals surface area contributed by atoms with Crippen molar-refractivity contribution in [2.75, 3.05) is 0 Å². The molecule has 0 aliphatic carbocycles. The summed E-state index contributed by atoms with van der Waals surface area (Å²) in [6.45, 7) is 0. The normalized spacial score (nSPS) is 12.0. The lowest BCUT2D eigenvalue weighted by atomic mass is 10.2. The Bertz CT molecular complexity index is 557. The quantitative estimate of drug-likeness (QED) is 0.601. The number of hydrogen-bond acceptors (Lipinski definition) is 2. The third-order valence-corrected chi connectivity index (χ3v) is 2.13. The predicted octanol–water partition coefficient (Wildman–Crippen LogP) is 3.59. The van der Waals surface area contributed by atoms with Gasteiger partial charge in [-0.3, -0.25) is 4.79 Å². The Labute approximate surface area is 92.6 Å². The fourth-order valence-electron chi connectivity index (χ4n) is 1.27. The summed E-state index contributed by atoms with van der Waals surface area (Å²) in [6.07, 6.45) is 0. The lowest BCUT2D eigenvalue weighted by molar-refractivity contribution is 0.0508. The van der Waals surface area contributed by atoms with Gasteiger partial charge >= 0.3 is 5.38 Å². The van der Waals surface area contributed by atoms with Gasteiger partial charge in [-0.1, -0.05) is 0 Å². The van der Waals surface area contributed by atoms with Crippen molar-refractivity contribution in [2.24, 2.45) is 0 Å². The maximum Gasteiger partial charge on any atom is 0.388 e. The molecular formula is C10H4ClF3O2. The molecule has 0 unspecified atom stereocenters. The molecule has 2 nitrogen and oxygen atoms in total. The second-order valence-corrected chi connectivity index (χ2v) is 3.59. The van der Waals surface area contributed by atoms with Gasteiger partial charge in [-0.2, -0.15) is 8.78 Å². The molecule has 0 aliphatic rings. The lowest BCUT2D eigenvalue weighted by Gasteiger charge is -2.01. The number of rotatable bonds is 2. The average Bonchev–Trinajstić information content (AvgIpc) is 2.57. The van der Waals surface area contributed by atoms with E-state index in [0.29, 0.717) is 0 Å². The van der Waals surface area contributed by atoms with Crippen molar-refractivity contribution in [3.63, 3.8) is 0 Å². The van der Waals surface area contributed by atoms with Gasteiger partial charge in [0.05, 0.1) is 0 Å². The van der Waals surface area contributed by atoms with E-state index in [1.54, 1.807) is 0 Å². The first-order valence-corrected chi connectivity index (χ1v) is 4.56. The Balaban J connectivity index is 2.52. The highest BCUT2D eigenvalue weighted by Crippen LogP contribution is 2.28. The molecule has 2 rings (SSSR count). The molecule has 6 heteroatoms. The van der Waals surface area contributed by atoms with Gasteiger partial charge in [-0.25, -0.2) is 4.39 Å². The summed E-state index contributed by atoms with van der Waals surface area (Å²) in [7, 11) is 0. The zero-order chi connectivity index (χ0) is 11.9. The maximum absolute atomic E-state index is 12.8. The molecule has 0 saturated heterocycles. The number of benzene rings is 1. The fraction of sp³-hybridized carbons (Fsp3) is 0.100. The Morgan fingerprint density at radius 2 is 2.00 bits per heavy atom. The number of Topliss-reactive ketones (excluding diaryl/α,β-unsaturated/α-hetero) is 1. The molecule has 0 fully saturated rings. The Hall–Kier alpha value is -1.49. The topological polar surface area (TPSA) is 30.2 Å². The van der Waals surface area contributed by atoms with Gasteiger partial charge in [0.15, 0.2) is 5.76 Å². The van der Waals surface area contributed by atoms with Crippen molar-refractivity contribution >= 4 is 28.4 Å². The first-order chi connectivity index (χ1) is 7.38. The first kappa shape index (κ1) is 11.0. The molecular weight excluding hydrogens is 245 g/mol. The van der Waals surface area contributed by atoms with Crippen LogP contribution in [0.5, 0.6) is 0 Å². The van der Waals surface area contributed by atoms with Crippen LogP contribution in [-0.4, -0.2) is 11.2 Å². The van der Waals surface area contributed by atoms with Crippen molar-refractivity contribution in [3.05, 3.63) is 35.8 Å². The van der Waals surface area contributed by atoms with Crippen LogP contribution in [0.2, 0.25) is 0 Å². The van der Waals surface area contributed by atoms with E-state index in [9.17, 15) is 18.0 Å². The predicted molar refractivity (Wildman–Crippen MR) is 51.3 cm³/mol. The molecule has 0 bridgehead atoms. The van der Waals surface area contributed by atoms with Gasteiger partial charge in [-0.15, -0.1) is 0 Å². The summed E-state index contributed by atoms with van der Waals surface area (Å²) in [4.78, 5) is 11.1. The minimum atomic E-state index is -4.02. The Morgan fingerprint density at radius 1 is 1.31 bits per heavy atom. The summed E-state index contributed by atoms with van der Waals surface area (Å²) >= 11 is 4.56. The lowest BCUT2D eigenvalue weighted by Crippen LogP contribution is -2.20. The van der Waals surface area contributed by atoms with E-state index in [1.807, 2.05) is 0 Å². The number of fused-ring (bicyclic) bond motifs is 1. The van der Waals surface area contributed by atoms with Crippen LogP contribution < -0.4 is 0 Å². The third-order valence-electron chi connectivity index (χ3n) is 1.96. The van der Waals surface area contributed by atoms with Crippen molar-refractivity contribution in [3.8, 4) is 0 Å². The Morgan fingerprint density at radius 3 is 2.62 bits per heavy atom. The van der Waals surface area contributed by atoms with Gasteiger partial charge in [0.2, 0.25) is 0 Å². The number of carbonyl (C=O) groups excluding carboxylic acids is 1. The highest BCUT2D eigenvalue weighted by molar-refractivity contribution is 6.35. The number of carbonyl (C=O) groups is 1. The standard InChI is InChI=1S/C10H4ClF3O2/c11-10(13,14)9(15)8-4-5-3-6(12)1-2-7(5)16-8/h1-4H. The van der Waals surface area contributed by atoms with Gasteiger partial charge in [0.1, 0.15) is 11.4 Å². The second kappa shape index (κ2) is 3.52. The molecule has 2 aromatic rings. The zero-order valence-electron chi connectivity index (χ0n) is 7.64. The number of furan rings is 1. The van der Waals surface area contributed by atoms with Crippen molar-refractivity contribution in [1.29, 1.82) is 0 Å². The van der Waals surface area contributed by atoms with E-state index in [4.69, 9.17) is 4.42 Å². The van der Waals surface area contributed by atoms with Crippen LogP contribution in [0.1, 0.15) is 10.6 Å². The van der Waals surface area contributed by atoms with Crippen LogP contribution in [0.4, 0.5) is 13.2 Å². The van der Waals surface area contributed by atoms with E-state index in [2.05, 4.69) is 11.6 Å². The molecule has 0 spiro atoms. The molecule has 0 amide bonds. The van der Waals surface area contributed by atoms with Crippen LogP contribution in [0.15, 0.2) is 28.7 Å². The number of ketones is 1. The van der Waals surface area contributed by atoms with Crippen LogP contribution >= 0.6 is 11.6 Å². The smallest absolute Gasteiger partial charge is 0.388 e. The highest BCUT2D eigenvalue weighted by atomic mass is 35.5. The maximum atomic E-state index is 12.8. The van der Waals surface area contributed by atoms with E-state index in [0.717, 1.165) is 18.2 Å². The van der Waals surface area contributed by atoms with E-state index >= 15 is 0 Å². The van der Waals surface area contributed by atoms with Crippen molar-refractivity contribution in [2.45, 2.75) is 5.38 Å². The molecule has 0 N–H and O–H groups in total. The molecule has 1 heterocycles. The molecule has 84 valence electrons. The minimum absolute atomic E-state index is 0.144. The van der Waals surface area contributed by atoms with Gasteiger partial charge in [-0.05, 0) is 35.9 Å². The average molecular weight is 249 g/mol. The van der Waals surface area contributed by atoms with E-state index in [1.165, 1.54) is 6.07 Å². The van der Waals surface area contributed by atoms with Crippen LogP contribution in [-0.2, 0) is 0 Å². The van der Waals surface area contributed by atoms with E-state index < -0.39 is 22.7 Å². The molecule has 0 radical (unpaired) electrons. The molecule has 1 aromatic heterocycles. The van der Waals surface area contributed by atoms with Crippen LogP contribution in [0, 0.1) is 5.82 Å². The van der Waals surface area contributed by atoms with Gasteiger partial charge < -0.3 is 4.42 Å². The molecule has 0 saturated carbocycles. The van der Waals surface area contributed by atoms with Crippen molar-refractivity contribution < 1.29 is 22.4 Å². The fourth-order valence-corrected chi connectivity index (χ4v) is 1.36. The monoisotopic (exact) mass is 248 g/mol. The summed E-state index contributed by atoms with van der Waals surface area (Å²) in [5.74, 6) is -2.80. The van der Waals surface area contributed by atoms with Gasteiger partial charge in [0, 0.05) is 5.39 Å². The second-order valence-electron chi connectivity index (χ2n) is 3.12. The molecule has 1 aromatic carbocycles. The summed E-state index contributed by atoms with van der Waals surface area (Å²) in [5.41, 5.74) is 0.144. The Kier molecular flexibility index (Phi) is 2.42. The summed E-state index contributed by atoms with van der Waals surface area (Å²) in [6, 6.07) is 4.44. The molecule has 0 atom stereocenters. The van der Waals surface area contributed by atoms with Crippen LogP contribution in [0.25, 0.3) is 11.0 Å². The first-order valence-electron chi connectivity index (χ1n) is 4.18.